The molecule has 0 aliphatic heterocycles. The van der Waals surface area contributed by atoms with Crippen LogP contribution in [0.25, 0.3) is 9.75 Å². The maximum atomic E-state index is 3.75. The number of unbranched alkanes of at least 4 members (excludes halogenated alkanes) is 10. The van der Waals surface area contributed by atoms with Crippen molar-refractivity contribution in [2.45, 2.75) is 104 Å². The van der Waals surface area contributed by atoms with E-state index in [2.05, 4.69) is 57.8 Å². The zero-order valence-corrected chi connectivity index (χ0v) is 22.4. The Labute approximate surface area is 197 Å². The topological polar surface area (TPSA) is 0 Å². The van der Waals surface area contributed by atoms with Gasteiger partial charge in [-0.05, 0) is 80.8 Å². The maximum Gasteiger partial charge on any atom is 0.0708 e. The van der Waals surface area contributed by atoms with Gasteiger partial charge in [0.2, 0.25) is 0 Å². The second-order valence-corrected chi connectivity index (χ2v) is 12.7. The number of aryl methyl sites for hydroxylation is 2. The van der Waals surface area contributed by atoms with Crippen LogP contribution in [0.2, 0.25) is 0 Å². The van der Waals surface area contributed by atoms with Crippen LogP contribution in [0.4, 0.5) is 0 Å². The molecule has 0 aliphatic rings. The highest BCUT2D eigenvalue weighted by molar-refractivity contribution is 9.11. The van der Waals surface area contributed by atoms with Gasteiger partial charge in [-0.1, -0.05) is 78.1 Å². The molecule has 2 rings (SSSR count). The van der Waals surface area contributed by atoms with Gasteiger partial charge in [-0.3, -0.25) is 0 Å². The lowest BCUT2D eigenvalue weighted by atomic mass is 10.0. The van der Waals surface area contributed by atoms with Crippen molar-refractivity contribution >= 4 is 54.5 Å². The molecule has 0 aliphatic carbocycles. The normalized spacial score (nSPS) is 11.4. The smallest absolute Gasteiger partial charge is 0.0708 e. The molecule has 2 aromatic rings. The Hall–Kier alpha value is 0.360. The zero-order valence-electron chi connectivity index (χ0n) is 17.6. The minimum Gasteiger partial charge on any atom is -0.127 e. The van der Waals surface area contributed by atoms with Crippen LogP contribution in [0.1, 0.15) is 102 Å². The van der Waals surface area contributed by atoms with E-state index in [1.54, 1.807) is 11.1 Å². The summed E-state index contributed by atoms with van der Waals surface area (Å²) in [5, 5.41) is 0. The molecule has 0 atom stereocenters. The van der Waals surface area contributed by atoms with E-state index < -0.39 is 0 Å². The van der Waals surface area contributed by atoms with Gasteiger partial charge in [0.1, 0.15) is 0 Å². The highest BCUT2D eigenvalue weighted by atomic mass is 79.9. The molecular weight excluding hydrogens is 512 g/mol. The average Bonchev–Trinajstić information content (AvgIpc) is 3.22. The molecule has 4 heteroatoms. The minimum atomic E-state index is 1.22. The van der Waals surface area contributed by atoms with E-state index in [1.807, 2.05) is 22.7 Å². The summed E-state index contributed by atoms with van der Waals surface area (Å²) in [6.07, 6.45) is 18.8. The van der Waals surface area contributed by atoms with Crippen LogP contribution in [0.15, 0.2) is 19.7 Å². The molecule has 0 bridgehead atoms. The fourth-order valence-corrected chi connectivity index (χ4v) is 7.34. The van der Waals surface area contributed by atoms with E-state index in [4.69, 9.17) is 0 Å². The largest absolute Gasteiger partial charge is 0.127 e. The number of hydrogen-bond acceptors (Lipinski definition) is 2. The van der Waals surface area contributed by atoms with E-state index >= 15 is 0 Å². The first-order valence-electron chi connectivity index (χ1n) is 11.2. The van der Waals surface area contributed by atoms with Crippen LogP contribution in [0.5, 0.6) is 0 Å². The fraction of sp³-hybridized carbons (Fsp3) is 0.667. The molecule has 0 fully saturated rings. The second kappa shape index (κ2) is 14.4. The standard InChI is InChI=1S/C24H36Br2S2/c1-3-5-7-9-11-13-15-19-17-21(25)27-23(19)24-20(18-22(26)28-24)16-14-12-10-8-6-4-2/h17-18H,3-16H2,1-2H3. The Kier molecular flexibility index (Phi) is 12.6. The lowest BCUT2D eigenvalue weighted by Gasteiger charge is -2.06. The van der Waals surface area contributed by atoms with Crippen LogP contribution in [-0.2, 0) is 12.8 Å². The third kappa shape index (κ3) is 8.62. The molecule has 0 N–H and O–H groups in total. The first-order valence-corrected chi connectivity index (χ1v) is 14.4. The van der Waals surface area contributed by atoms with Gasteiger partial charge in [0.25, 0.3) is 0 Å². The lowest BCUT2D eigenvalue weighted by molar-refractivity contribution is 0.607. The molecule has 0 nitrogen and oxygen atoms in total. The molecule has 0 spiro atoms. The van der Waals surface area contributed by atoms with E-state index in [0.29, 0.717) is 0 Å². The highest BCUT2D eigenvalue weighted by Crippen LogP contribution is 2.44. The fourth-order valence-electron chi connectivity index (χ4n) is 3.74. The third-order valence-corrected chi connectivity index (χ3v) is 8.89. The third-order valence-electron chi connectivity index (χ3n) is 5.36. The van der Waals surface area contributed by atoms with Gasteiger partial charge in [-0.2, -0.15) is 0 Å². The van der Waals surface area contributed by atoms with Crippen molar-refractivity contribution in [3.8, 4) is 9.75 Å². The number of hydrogen-bond donors (Lipinski definition) is 0. The second-order valence-electron chi connectivity index (χ2n) is 7.85. The molecular formula is C24H36Br2S2. The van der Waals surface area contributed by atoms with Gasteiger partial charge in [0, 0.05) is 9.75 Å². The molecule has 0 unspecified atom stereocenters. The van der Waals surface area contributed by atoms with Crippen molar-refractivity contribution in [2.24, 2.45) is 0 Å². The van der Waals surface area contributed by atoms with E-state index in [-0.39, 0.29) is 0 Å². The molecule has 0 radical (unpaired) electrons. The summed E-state index contributed by atoms with van der Waals surface area (Å²) in [6.45, 7) is 4.58. The monoisotopic (exact) mass is 546 g/mol. The van der Waals surface area contributed by atoms with Crippen molar-refractivity contribution in [1.82, 2.24) is 0 Å². The Morgan fingerprint density at radius 1 is 0.571 bits per heavy atom. The first-order chi connectivity index (χ1) is 13.7. The number of halogens is 2. The van der Waals surface area contributed by atoms with Gasteiger partial charge in [-0.15, -0.1) is 22.7 Å². The van der Waals surface area contributed by atoms with Crippen LogP contribution >= 0.6 is 54.5 Å². The molecule has 2 heterocycles. The summed E-state index contributed by atoms with van der Waals surface area (Å²) >= 11 is 11.4. The van der Waals surface area contributed by atoms with Gasteiger partial charge in [-0.25, -0.2) is 0 Å². The quantitative estimate of drug-likeness (QED) is 0.194. The van der Waals surface area contributed by atoms with E-state index in [1.165, 1.54) is 107 Å². The van der Waals surface area contributed by atoms with Crippen molar-refractivity contribution in [1.29, 1.82) is 0 Å². The summed E-state index contributed by atoms with van der Waals surface area (Å²) < 4.78 is 2.55. The van der Waals surface area contributed by atoms with Crippen molar-refractivity contribution in [3.05, 3.63) is 30.8 Å². The van der Waals surface area contributed by atoms with Gasteiger partial charge >= 0.3 is 0 Å². The van der Waals surface area contributed by atoms with Crippen LogP contribution in [-0.4, -0.2) is 0 Å². The van der Waals surface area contributed by atoms with Crippen molar-refractivity contribution in [2.75, 3.05) is 0 Å². The lowest BCUT2D eigenvalue weighted by Crippen LogP contribution is -1.89. The molecule has 158 valence electrons. The van der Waals surface area contributed by atoms with Crippen LogP contribution in [0, 0.1) is 0 Å². The minimum absolute atomic E-state index is 1.22. The van der Waals surface area contributed by atoms with Crippen LogP contribution in [0.3, 0.4) is 0 Å². The summed E-state index contributed by atoms with van der Waals surface area (Å²) in [5.41, 5.74) is 3.09. The summed E-state index contributed by atoms with van der Waals surface area (Å²) in [7, 11) is 0. The van der Waals surface area contributed by atoms with Gasteiger partial charge in [0.05, 0.1) is 7.57 Å². The summed E-state index contributed by atoms with van der Waals surface area (Å²) in [6, 6.07) is 4.74. The van der Waals surface area contributed by atoms with Crippen molar-refractivity contribution in [3.63, 3.8) is 0 Å². The molecule has 2 aromatic heterocycles. The molecule has 0 amide bonds. The zero-order chi connectivity index (χ0) is 20.2. The van der Waals surface area contributed by atoms with E-state index in [9.17, 15) is 0 Å². The predicted octanol–water partition coefficient (Wildman–Crippen LogP) is 10.8. The van der Waals surface area contributed by atoms with E-state index in [0.717, 1.165) is 0 Å². The SMILES string of the molecule is CCCCCCCCc1cc(Br)sc1-c1sc(Br)cc1CCCCCCCC. The first kappa shape index (κ1) is 24.6. The van der Waals surface area contributed by atoms with Gasteiger partial charge < -0.3 is 0 Å². The maximum absolute atomic E-state index is 3.75. The molecule has 0 aromatic carbocycles. The van der Waals surface area contributed by atoms with Gasteiger partial charge in [0.15, 0.2) is 0 Å². The Morgan fingerprint density at radius 2 is 0.929 bits per heavy atom. The van der Waals surface area contributed by atoms with Crippen molar-refractivity contribution < 1.29 is 0 Å². The Balaban J connectivity index is 1.94. The predicted molar refractivity (Wildman–Crippen MR) is 137 cm³/mol. The number of rotatable bonds is 15. The van der Waals surface area contributed by atoms with Crippen LogP contribution < -0.4 is 0 Å². The molecule has 0 saturated heterocycles. The summed E-state index contributed by atoms with van der Waals surface area (Å²) in [4.78, 5) is 3.02. The molecule has 0 saturated carbocycles. The average molecular weight is 548 g/mol. The number of thiophene rings is 2. The Bertz CT molecular complexity index is 614. The summed E-state index contributed by atoms with van der Waals surface area (Å²) in [5.74, 6) is 0. The Morgan fingerprint density at radius 3 is 1.32 bits per heavy atom. The molecule has 28 heavy (non-hydrogen) atoms. The highest BCUT2D eigenvalue weighted by Gasteiger charge is 2.16.